The molecular weight excluding hydrogens is 146 g/mol. The summed E-state index contributed by atoms with van der Waals surface area (Å²) in [6, 6.07) is 0. The van der Waals surface area contributed by atoms with Gasteiger partial charge in [-0.1, -0.05) is 34.8 Å². The Kier molecular flexibility index (Phi) is 7.69. The van der Waals surface area contributed by atoms with E-state index >= 15 is 0 Å². The maximum absolute atomic E-state index is 7.24. The molecule has 0 atom stereocenters. The molecule has 0 saturated carbocycles. The molecule has 0 radical (unpaired) electrons. The van der Waals surface area contributed by atoms with Gasteiger partial charge in [0.1, 0.15) is 0 Å². The zero-order chi connectivity index (χ0) is 7.21. The number of rotatable bonds is 0. The first-order valence-electron chi connectivity index (χ1n) is 2.09. The van der Waals surface area contributed by atoms with Gasteiger partial charge in [0.05, 0.1) is 2.74 Å². The first-order valence-corrected chi connectivity index (χ1v) is 2.02. The van der Waals surface area contributed by atoms with Crippen molar-refractivity contribution in [1.29, 1.82) is 0 Å². The minimum Gasteiger partial charge on any atom is -0.400 e. The molecule has 4 heteroatoms. The summed E-state index contributed by atoms with van der Waals surface area (Å²) in [6.45, 7) is 0. The second-order valence-electron chi connectivity index (χ2n) is 0.214. The molecule has 0 aliphatic carbocycles. The van der Waals surface area contributed by atoms with E-state index in [1.165, 1.54) is 0 Å². The zero-order valence-electron chi connectivity index (χ0n) is 4.79. The van der Waals surface area contributed by atoms with Crippen LogP contribution in [0.5, 0.6) is 0 Å². The molecule has 0 spiro atoms. The number of halogens is 3. The molecule has 6 heavy (non-hydrogen) atoms. The summed E-state index contributed by atoms with van der Waals surface area (Å²) in [7, 11) is -0.500. The highest BCUT2D eigenvalue weighted by atomic mass is 35.6. The van der Waals surface area contributed by atoms with Gasteiger partial charge in [0, 0.05) is 7.09 Å². The highest BCUT2D eigenvalue weighted by molar-refractivity contribution is 6.63. The normalized spacial score (nSPS) is 13.3. The van der Waals surface area contributed by atoms with Crippen LogP contribution in [0, 0.1) is 0 Å². The molecule has 0 rings (SSSR count). The lowest BCUT2D eigenvalue weighted by Gasteiger charge is -1.69. The van der Waals surface area contributed by atoms with Crippen molar-refractivity contribution in [2.24, 2.45) is 0 Å². The Morgan fingerprint density at radius 1 is 1.83 bits per heavy atom. The monoisotopic (exact) mass is 152 g/mol. The lowest BCUT2D eigenvalue weighted by atomic mass is 11.8. The molecular formula is C2H5Cl3O. The van der Waals surface area contributed by atoms with Gasteiger partial charge in [-0.2, -0.15) is 0 Å². The van der Waals surface area contributed by atoms with Crippen molar-refractivity contribution in [1.82, 2.24) is 0 Å². The Labute approximate surface area is 54.6 Å². The summed E-state index contributed by atoms with van der Waals surface area (Å²) in [6.07, 6.45) is 0. The zero-order valence-corrected chi connectivity index (χ0v) is 5.06. The molecule has 0 saturated heterocycles. The molecule has 0 aromatic carbocycles. The van der Waals surface area contributed by atoms with Gasteiger partial charge in [-0.25, -0.2) is 0 Å². The van der Waals surface area contributed by atoms with E-state index in [-0.39, 0.29) is 0 Å². The van der Waals surface area contributed by atoms with Gasteiger partial charge in [0.2, 0.25) is 0 Å². The first kappa shape index (κ1) is 4.98. The van der Waals surface area contributed by atoms with Crippen LogP contribution in [0.15, 0.2) is 0 Å². The quantitative estimate of drug-likeness (QED) is 0.524. The first-order chi connectivity index (χ1) is 3.41. The van der Waals surface area contributed by atoms with Crippen LogP contribution in [0.25, 0.3) is 0 Å². The number of aliphatic hydroxyl groups excluding tert-OH is 1. The Hall–Kier alpha value is 0.830. The summed E-state index contributed by atoms with van der Waals surface area (Å²) >= 11 is 14.2. The smallest absolute Gasteiger partial charge is 0.180 e. The number of aliphatic hydroxyl groups is 1. The summed E-state index contributed by atoms with van der Waals surface area (Å²) in [5.41, 5.74) is 0. The molecule has 40 valence electrons. The molecule has 0 heterocycles. The molecule has 1 nitrogen and oxygen atoms in total. The van der Waals surface area contributed by atoms with E-state index in [1.54, 1.807) is 0 Å². The fraction of sp³-hybridized carbons (Fsp3) is 1.00. The fourth-order valence-electron chi connectivity index (χ4n) is 0. The molecule has 0 aliphatic rings. The Morgan fingerprint density at radius 3 is 1.83 bits per heavy atom. The lowest BCUT2D eigenvalue weighted by Crippen LogP contribution is -1.55. The summed E-state index contributed by atoms with van der Waals surface area (Å²) in [4.78, 5) is 0. The molecule has 0 fully saturated rings. The Balaban J connectivity index is 0. The maximum Gasteiger partial charge on any atom is 0.180 e. The Morgan fingerprint density at radius 2 is 1.83 bits per heavy atom. The van der Waals surface area contributed by atoms with E-state index in [2.05, 4.69) is 0 Å². The number of alkyl halides is 3. The molecule has 0 aliphatic heterocycles. The van der Waals surface area contributed by atoms with Crippen LogP contribution < -0.4 is 0 Å². The molecule has 0 aromatic rings. The van der Waals surface area contributed by atoms with Gasteiger partial charge >= 0.3 is 0 Å². The number of hydrogen-bond donors (Lipinski definition) is 1. The standard InChI is InChI=1S/CHCl3.CH4O/c2-1(3)4;1-2/h1H;2H,1H3/i2*1D. The van der Waals surface area contributed by atoms with E-state index in [0.29, 0.717) is 0 Å². The Bertz CT molecular complexity index is 39.0. The van der Waals surface area contributed by atoms with Gasteiger partial charge in [-0.15, -0.1) is 0 Å². The van der Waals surface area contributed by atoms with Crippen LogP contribution >= 0.6 is 34.8 Å². The van der Waals surface area contributed by atoms with Gasteiger partial charge in [0.25, 0.3) is 0 Å². The van der Waals surface area contributed by atoms with E-state index in [0.717, 1.165) is 0 Å². The van der Waals surface area contributed by atoms with Gasteiger partial charge in [-0.05, 0) is 0 Å². The average molecular weight is 153 g/mol. The predicted octanol–water partition coefficient (Wildman–Crippen LogP) is 1.59. The SMILES string of the molecule is [2H]C(Cl)(Cl)Cl.[2H]CO. The van der Waals surface area contributed by atoms with Gasteiger partial charge in [-0.3, -0.25) is 0 Å². The molecule has 0 aromatic heterocycles. The van der Waals surface area contributed by atoms with Crippen molar-refractivity contribution in [3.8, 4) is 0 Å². The third-order valence-electron chi connectivity index (χ3n) is 0. The van der Waals surface area contributed by atoms with Crippen molar-refractivity contribution in [2.45, 2.75) is 4.27 Å². The summed E-state index contributed by atoms with van der Waals surface area (Å²) in [5, 5.41) is 7.24. The van der Waals surface area contributed by atoms with Gasteiger partial charge in [0.15, 0.2) is 4.27 Å². The van der Waals surface area contributed by atoms with Crippen LogP contribution in [0.1, 0.15) is 2.74 Å². The minimum absolute atomic E-state index is 0.500. The second kappa shape index (κ2) is 9.27. The summed E-state index contributed by atoms with van der Waals surface area (Å²) in [5.74, 6) is 0. The van der Waals surface area contributed by atoms with Gasteiger partial charge < -0.3 is 5.11 Å². The highest BCUT2D eigenvalue weighted by Crippen LogP contribution is 2.03. The fourth-order valence-corrected chi connectivity index (χ4v) is 0. The third-order valence-corrected chi connectivity index (χ3v) is 0. The van der Waals surface area contributed by atoms with Crippen LogP contribution in [-0.4, -0.2) is 16.5 Å². The van der Waals surface area contributed by atoms with Crippen molar-refractivity contribution in [2.75, 3.05) is 7.09 Å². The largest absolute Gasteiger partial charge is 0.400 e. The average Bonchev–Trinajstić information content (AvgIpc) is 1.27. The highest BCUT2D eigenvalue weighted by Gasteiger charge is 1.78. The minimum atomic E-state index is -1.83. The van der Waals surface area contributed by atoms with E-state index in [9.17, 15) is 0 Å². The predicted molar refractivity (Wildman–Crippen MR) is 29.5 cm³/mol. The summed E-state index contributed by atoms with van der Waals surface area (Å²) < 4.78 is 10.2. The van der Waals surface area contributed by atoms with E-state index in [4.69, 9.17) is 42.7 Å². The second-order valence-corrected chi connectivity index (χ2v) is 1.93. The molecule has 1 N–H and O–H groups in total. The van der Waals surface area contributed by atoms with Crippen LogP contribution in [0.3, 0.4) is 0 Å². The molecule has 0 amide bonds. The van der Waals surface area contributed by atoms with Crippen LogP contribution in [0.4, 0.5) is 0 Å². The lowest BCUT2D eigenvalue weighted by molar-refractivity contribution is 0.399. The maximum atomic E-state index is 7.24. The third kappa shape index (κ3) is 103. The van der Waals surface area contributed by atoms with E-state index in [1.807, 2.05) is 0 Å². The van der Waals surface area contributed by atoms with Crippen molar-refractivity contribution in [3.63, 3.8) is 0 Å². The van der Waals surface area contributed by atoms with Crippen LogP contribution in [0.2, 0.25) is 0 Å². The van der Waals surface area contributed by atoms with Crippen molar-refractivity contribution >= 4 is 34.8 Å². The topological polar surface area (TPSA) is 20.2 Å². The number of hydrogen-bond acceptors (Lipinski definition) is 1. The molecule has 0 unspecified atom stereocenters. The van der Waals surface area contributed by atoms with Crippen molar-refractivity contribution in [3.05, 3.63) is 0 Å². The van der Waals surface area contributed by atoms with Crippen LogP contribution in [-0.2, 0) is 0 Å². The van der Waals surface area contributed by atoms with Crippen molar-refractivity contribution < 1.29 is 7.85 Å². The van der Waals surface area contributed by atoms with E-state index < -0.39 is 11.4 Å². The molecule has 0 bridgehead atoms.